The fourth-order valence-corrected chi connectivity index (χ4v) is 6.82. The quantitative estimate of drug-likeness (QED) is 0.403. The molecule has 0 saturated carbocycles. The molecule has 11 heteroatoms. The Kier molecular flexibility index (Phi) is 6.16. The van der Waals surface area contributed by atoms with Gasteiger partial charge in [-0.05, 0) is 56.0 Å². The lowest BCUT2D eigenvalue weighted by atomic mass is 10.1. The van der Waals surface area contributed by atoms with Gasteiger partial charge in [-0.15, -0.1) is 11.3 Å². The van der Waals surface area contributed by atoms with Gasteiger partial charge < -0.3 is 14.4 Å². The molecule has 3 aromatic heterocycles. The smallest absolute Gasteiger partial charge is 0.250 e. The van der Waals surface area contributed by atoms with Gasteiger partial charge in [0.25, 0.3) is 0 Å². The minimum absolute atomic E-state index is 0.183. The maximum Gasteiger partial charge on any atom is 0.250 e. The van der Waals surface area contributed by atoms with Crippen LogP contribution in [0.3, 0.4) is 0 Å². The molecule has 1 unspecified atom stereocenters. The van der Waals surface area contributed by atoms with Crippen molar-refractivity contribution in [3.8, 4) is 22.8 Å². The van der Waals surface area contributed by atoms with Gasteiger partial charge in [-0.1, -0.05) is 6.07 Å². The van der Waals surface area contributed by atoms with Crippen LogP contribution in [0, 0.1) is 13.8 Å². The van der Waals surface area contributed by atoms with E-state index < -0.39 is 10.0 Å². The van der Waals surface area contributed by atoms with Gasteiger partial charge in [-0.3, -0.25) is 0 Å². The molecule has 5 rings (SSSR count). The maximum atomic E-state index is 12.7. The van der Waals surface area contributed by atoms with Gasteiger partial charge in [0.1, 0.15) is 4.21 Å². The summed E-state index contributed by atoms with van der Waals surface area (Å²) in [5, 5.41) is 6.53. The molecule has 0 bridgehead atoms. The number of aryl methyl sites for hydroxylation is 2. The van der Waals surface area contributed by atoms with Crippen LogP contribution < -0.4 is 19.1 Å². The molecule has 1 aliphatic heterocycles. The van der Waals surface area contributed by atoms with E-state index >= 15 is 0 Å². The molecule has 1 atom stereocenters. The Hall–Kier alpha value is -3.15. The Morgan fingerprint density at radius 3 is 2.63 bits per heavy atom. The van der Waals surface area contributed by atoms with Crippen molar-refractivity contribution in [1.29, 1.82) is 0 Å². The van der Waals surface area contributed by atoms with Crippen LogP contribution in [0.2, 0.25) is 0 Å². The molecule has 1 saturated heterocycles. The van der Waals surface area contributed by atoms with Crippen LogP contribution in [-0.4, -0.2) is 56.4 Å². The number of hydrogen-bond donors (Lipinski definition) is 1. The lowest BCUT2D eigenvalue weighted by Gasteiger charge is -2.20. The molecule has 0 radical (unpaired) electrons. The molecular formula is C24H27N5O4S2. The number of anilines is 1. The summed E-state index contributed by atoms with van der Waals surface area (Å²) in [6.07, 6.45) is 0.709. The van der Waals surface area contributed by atoms with Crippen LogP contribution in [0.15, 0.2) is 46.0 Å². The number of nitrogens with one attached hydrogen (secondary N) is 1. The van der Waals surface area contributed by atoms with E-state index in [4.69, 9.17) is 19.6 Å². The van der Waals surface area contributed by atoms with Crippen molar-refractivity contribution in [2.45, 2.75) is 30.5 Å². The Balaban J connectivity index is 1.49. The van der Waals surface area contributed by atoms with Gasteiger partial charge in [0.15, 0.2) is 17.1 Å². The third kappa shape index (κ3) is 4.35. The van der Waals surface area contributed by atoms with Gasteiger partial charge in [0, 0.05) is 24.7 Å². The first-order valence-corrected chi connectivity index (χ1v) is 13.6. The Bertz CT molecular complexity index is 1480. The van der Waals surface area contributed by atoms with E-state index in [9.17, 15) is 8.42 Å². The number of thiophene rings is 1. The zero-order chi connectivity index (χ0) is 24.7. The fraction of sp³-hybridized carbons (Fsp3) is 0.333. The fourth-order valence-electron chi connectivity index (χ4n) is 4.55. The van der Waals surface area contributed by atoms with Crippen LogP contribution >= 0.6 is 11.3 Å². The van der Waals surface area contributed by atoms with E-state index in [1.54, 1.807) is 31.7 Å². The van der Waals surface area contributed by atoms with E-state index in [2.05, 4.69) is 9.62 Å². The van der Waals surface area contributed by atoms with Crippen LogP contribution in [0.1, 0.15) is 17.8 Å². The average molecular weight is 514 g/mol. The number of imidazole rings is 1. The molecular weight excluding hydrogens is 486 g/mol. The van der Waals surface area contributed by atoms with Crippen LogP contribution in [0.4, 0.5) is 5.69 Å². The van der Waals surface area contributed by atoms with E-state index in [0.717, 1.165) is 34.0 Å². The van der Waals surface area contributed by atoms with Crippen molar-refractivity contribution in [1.82, 2.24) is 19.3 Å². The highest BCUT2D eigenvalue weighted by Gasteiger charge is 2.30. The first kappa shape index (κ1) is 23.6. The monoisotopic (exact) mass is 513 g/mol. The van der Waals surface area contributed by atoms with E-state index in [1.807, 2.05) is 42.6 Å². The second-order valence-corrected chi connectivity index (χ2v) is 11.4. The van der Waals surface area contributed by atoms with Gasteiger partial charge >= 0.3 is 0 Å². The normalized spacial score (nSPS) is 16.2. The SMILES string of the molecule is COc1ccc(-c2c(C)nc3c(N4CCC(NS(=O)(=O)c5cccs5)C4)cc(C)nn23)cc1OC. The Morgan fingerprint density at radius 2 is 1.91 bits per heavy atom. The number of nitrogens with zero attached hydrogens (tertiary/aromatic N) is 4. The maximum absolute atomic E-state index is 12.7. The molecule has 4 heterocycles. The summed E-state index contributed by atoms with van der Waals surface area (Å²) in [5.74, 6) is 1.29. The number of sulfonamides is 1. The van der Waals surface area contributed by atoms with Gasteiger partial charge in [-0.25, -0.2) is 22.6 Å². The highest BCUT2D eigenvalue weighted by Crippen LogP contribution is 2.36. The number of hydrogen-bond acceptors (Lipinski definition) is 8. The van der Waals surface area contributed by atoms with Gasteiger partial charge in [0.2, 0.25) is 10.0 Å². The Labute approximate surface area is 208 Å². The van der Waals surface area contributed by atoms with E-state index in [0.29, 0.717) is 35.2 Å². The number of ether oxygens (including phenoxy) is 2. The first-order valence-electron chi connectivity index (χ1n) is 11.2. The predicted molar refractivity (Wildman–Crippen MR) is 136 cm³/mol. The molecule has 1 fully saturated rings. The molecule has 1 aliphatic rings. The molecule has 9 nitrogen and oxygen atoms in total. The molecule has 35 heavy (non-hydrogen) atoms. The van der Waals surface area contributed by atoms with Crippen molar-refractivity contribution >= 4 is 32.7 Å². The summed E-state index contributed by atoms with van der Waals surface area (Å²) in [5.41, 5.74) is 5.14. The standard InChI is InChI=1S/C24H27N5O4S2/c1-15-12-19(28-10-9-18(14-28)27-35(30,31)22-6-5-11-34-22)24-25-16(2)23(29(24)26-15)17-7-8-20(32-3)21(13-17)33-4/h5-8,11-13,18,27H,9-10,14H2,1-4H3. The minimum Gasteiger partial charge on any atom is -0.493 e. The second-order valence-electron chi connectivity index (χ2n) is 8.51. The summed E-state index contributed by atoms with van der Waals surface area (Å²) in [7, 11) is -0.301. The number of methoxy groups -OCH3 is 2. The second kappa shape index (κ2) is 9.14. The third-order valence-corrected chi connectivity index (χ3v) is 9.05. The third-order valence-electron chi connectivity index (χ3n) is 6.13. The van der Waals surface area contributed by atoms with Gasteiger partial charge in [-0.2, -0.15) is 5.10 Å². The number of fused-ring (bicyclic) bond motifs is 1. The van der Waals surface area contributed by atoms with E-state index in [-0.39, 0.29) is 6.04 Å². The van der Waals surface area contributed by atoms with Crippen LogP contribution in [-0.2, 0) is 10.0 Å². The molecule has 0 spiro atoms. The van der Waals surface area contributed by atoms with Crippen LogP contribution in [0.5, 0.6) is 11.5 Å². The average Bonchev–Trinajstić information content (AvgIpc) is 3.58. The molecule has 0 aliphatic carbocycles. The molecule has 184 valence electrons. The molecule has 4 aromatic rings. The largest absolute Gasteiger partial charge is 0.493 e. The highest BCUT2D eigenvalue weighted by molar-refractivity contribution is 7.91. The topological polar surface area (TPSA) is 98.1 Å². The lowest BCUT2D eigenvalue weighted by Crippen LogP contribution is -2.36. The van der Waals surface area contributed by atoms with Crippen molar-refractivity contribution in [2.75, 3.05) is 32.2 Å². The number of aromatic nitrogens is 3. The van der Waals surface area contributed by atoms with Crippen molar-refractivity contribution in [3.05, 3.63) is 53.2 Å². The van der Waals surface area contributed by atoms with Gasteiger partial charge in [0.05, 0.1) is 37.0 Å². The van der Waals surface area contributed by atoms with Crippen molar-refractivity contribution in [3.63, 3.8) is 0 Å². The molecule has 1 N–H and O–H groups in total. The number of benzene rings is 1. The summed E-state index contributed by atoms with van der Waals surface area (Å²) in [6.45, 7) is 5.18. The van der Waals surface area contributed by atoms with Crippen molar-refractivity contribution in [2.24, 2.45) is 0 Å². The molecule has 1 aromatic carbocycles. The van der Waals surface area contributed by atoms with Crippen LogP contribution in [0.25, 0.3) is 16.9 Å². The molecule has 0 amide bonds. The lowest BCUT2D eigenvalue weighted by molar-refractivity contribution is 0.355. The summed E-state index contributed by atoms with van der Waals surface area (Å²) in [4.78, 5) is 7.04. The zero-order valence-electron chi connectivity index (χ0n) is 20.0. The summed E-state index contributed by atoms with van der Waals surface area (Å²) in [6, 6.07) is 10.9. The number of rotatable bonds is 7. The van der Waals surface area contributed by atoms with Crippen molar-refractivity contribution < 1.29 is 17.9 Å². The predicted octanol–water partition coefficient (Wildman–Crippen LogP) is 3.65. The minimum atomic E-state index is -3.52. The highest BCUT2D eigenvalue weighted by atomic mass is 32.2. The summed E-state index contributed by atoms with van der Waals surface area (Å²) < 4.78 is 41.3. The zero-order valence-corrected chi connectivity index (χ0v) is 21.6. The first-order chi connectivity index (χ1) is 16.8. The Morgan fingerprint density at radius 1 is 1.11 bits per heavy atom. The van der Waals surface area contributed by atoms with E-state index in [1.165, 1.54) is 11.3 Å². The summed E-state index contributed by atoms with van der Waals surface area (Å²) >= 11 is 1.22.